The minimum Gasteiger partial charge on any atom is -0.496 e. The molecule has 1 unspecified atom stereocenters. The van der Waals surface area contributed by atoms with Crippen LogP contribution >= 0.6 is 11.3 Å². The van der Waals surface area contributed by atoms with Gasteiger partial charge >= 0.3 is 0 Å². The van der Waals surface area contributed by atoms with Gasteiger partial charge in [0.1, 0.15) is 17.3 Å². The maximum absolute atomic E-state index is 13.4. The van der Waals surface area contributed by atoms with Crippen molar-refractivity contribution >= 4 is 28.7 Å². The van der Waals surface area contributed by atoms with Crippen molar-refractivity contribution in [1.29, 1.82) is 0 Å². The second-order valence-corrected chi connectivity index (χ2v) is 11.7. The quantitative estimate of drug-likeness (QED) is 0.353. The Balaban J connectivity index is 1.30. The van der Waals surface area contributed by atoms with Crippen LogP contribution in [0.1, 0.15) is 82.6 Å². The lowest BCUT2D eigenvalue weighted by atomic mass is 9.81. The lowest BCUT2D eigenvalue weighted by Gasteiger charge is -2.23. The van der Waals surface area contributed by atoms with E-state index in [4.69, 9.17) is 4.74 Å². The number of methoxy groups -OCH3 is 1. The SMILES string of the molecule is COc1ccccc1CC(=O)CC1CCc2sc(CC(=O)C3CC3)c(C(=O)CCC3CC3)c2C1. The van der Waals surface area contributed by atoms with Gasteiger partial charge in [0, 0.05) is 52.5 Å². The van der Waals surface area contributed by atoms with Gasteiger partial charge < -0.3 is 4.74 Å². The summed E-state index contributed by atoms with van der Waals surface area (Å²) in [6, 6.07) is 7.70. The number of rotatable bonds is 12. The molecular weight excluding hydrogens is 444 g/mol. The zero-order valence-corrected chi connectivity index (χ0v) is 20.9. The Morgan fingerprint density at radius 3 is 2.53 bits per heavy atom. The number of ether oxygens (including phenoxy) is 1. The van der Waals surface area contributed by atoms with Crippen molar-refractivity contribution < 1.29 is 19.1 Å². The molecule has 180 valence electrons. The van der Waals surface area contributed by atoms with Gasteiger partial charge in [0.2, 0.25) is 0 Å². The van der Waals surface area contributed by atoms with Gasteiger partial charge in [-0.25, -0.2) is 0 Å². The predicted molar refractivity (Wildman–Crippen MR) is 134 cm³/mol. The Bertz CT molecular complexity index is 1090. The van der Waals surface area contributed by atoms with Crippen LogP contribution in [0.15, 0.2) is 24.3 Å². The topological polar surface area (TPSA) is 60.4 Å². The van der Waals surface area contributed by atoms with Gasteiger partial charge in [0.05, 0.1) is 7.11 Å². The first-order valence-corrected chi connectivity index (χ1v) is 13.7. The molecule has 0 amide bonds. The molecule has 0 bridgehead atoms. The summed E-state index contributed by atoms with van der Waals surface area (Å²) in [5, 5.41) is 0. The molecule has 34 heavy (non-hydrogen) atoms. The van der Waals surface area contributed by atoms with Crippen LogP contribution in [0.25, 0.3) is 0 Å². The molecule has 3 aliphatic rings. The molecule has 4 nitrogen and oxygen atoms in total. The molecule has 1 aromatic heterocycles. The second-order valence-electron chi connectivity index (χ2n) is 10.5. The third-order valence-electron chi connectivity index (χ3n) is 7.66. The van der Waals surface area contributed by atoms with Crippen molar-refractivity contribution in [3.63, 3.8) is 0 Å². The van der Waals surface area contributed by atoms with E-state index in [0.717, 1.165) is 71.8 Å². The van der Waals surface area contributed by atoms with Crippen molar-refractivity contribution in [1.82, 2.24) is 0 Å². The summed E-state index contributed by atoms with van der Waals surface area (Å²) in [5.74, 6) is 2.70. The highest BCUT2D eigenvalue weighted by molar-refractivity contribution is 7.12. The molecule has 0 N–H and O–H groups in total. The minimum absolute atomic E-state index is 0.217. The fraction of sp³-hybridized carbons (Fsp3) is 0.552. The monoisotopic (exact) mass is 478 g/mol. The Labute approximate surface area is 206 Å². The third kappa shape index (κ3) is 5.51. The molecule has 1 heterocycles. The van der Waals surface area contributed by atoms with Crippen LogP contribution in [-0.4, -0.2) is 24.5 Å². The zero-order valence-electron chi connectivity index (χ0n) is 20.1. The first-order chi connectivity index (χ1) is 16.5. The van der Waals surface area contributed by atoms with Gasteiger partial charge in [-0.1, -0.05) is 31.0 Å². The second kappa shape index (κ2) is 10.2. The highest BCUT2D eigenvalue weighted by Crippen LogP contribution is 2.41. The lowest BCUT2D eigenvalue weighted by Crippen LogP contribution is -2.20. The highest BCUT2D eigenvalue weighted by Gasteiger charge is 2.34. The van der Waals surface area contributed by atoms with Crippen molar-refractivity contribution in [3.05, 3.63) is 50.7 Å². The summed E-state index contributed by atoms with van der Waals surface area (Å²) in [4.78, 5) is 41.2. The van der Waals surface area contributed by atoms with Crippen LogP contribution in [0.5, 0.6) is 5.75 Å². The van der Waals surface area contributed by atoms with E-state index < -0.39 is 0 Å². The maximum atomic E-state index is 13.4. The van der Waals surface area contributed by atoms with Crippen LogP contribution < -0.4 is 4.74 Å². The molecule has 0 radical (unpaired) electrons. The summed E-state index contributed by atoms with van der Waals surface area (Å²) in [6.07, 6.45) is 10.1. The third-order valence-corrected chi connectivity index (χ3v) is 8.95. The Morgan fingerprint density at radius 2 is 1.79 bits per heavy atom. The Hall–Kier alpha value is -2.27. The summed E-state index contributed by atoms with van der Waals surface area (Å²) < 4.78 is 5.41. The number of thiophene rings is 1. The van der Waals surface area contributed by atoms with E-state index in [1.807, 2.05) is 24.3 Å². The maximum Gasteiger partial charge on any atom is 0.164 e. The summed E-state index contributed by atoms with van der Waals surface area (Å²) >= 11 is 1.70. The number of para-hydroxylation sites is 1. The Morgan fingerprint density at radius 1 is 1.00 bits per heavy atom. The van der Waals surface area contributed by atoms with Crippen LogP contribution in [0.4, 0.5) is 0 Å². The summed E-state index contributed by atoms with van der Waals surface area (Å²) in [6.45, 7) is 0. The average Bonchev–Trinajstić information content (AvgIpc) is 3.74. The lowest BCUT2D eigenvalue weighted by molar-refractivity contribution is -0.120. The molecule has 0 saturated heterocycles. The summed E-state index contributed by atoms with van der Waals surface area (Å²) in [7, 11) is 1.63. The van der Waals surface area contributed by atoms with E-state index in [0.29, 0.717) is 31.5 Å². The van der Waals surface area contributed by atoms with E-state index in [9.17, 15) is 14.4 Å². The number of ketones is 3. The number of carbonyl (C=O) groups is 3. The summed E-state index contributed by atoms with van der Waals surface area (Å²) in [5.41, 5.74) is 2.95. The normalized spacial score (nSPS) is 19.5. The van der Waals surface area contributed by atoms with E-state index in [2.05, 4.69) is 0 Å². The molecular formula is C29H34O4S. The van der Waals surface area contributed by atoms with E-state index in [-0.39, 0.29) is 23.4 Å². The van der Waals surface area contributed by atoms with E-state index >= 15 is 0 Å². The molecule has 0 spiro atoms. The molecule has 5 heteroatoms. The fourth-order valence-corrected chi connectivity index (χ4v) is 6.75. The molecule has 1 atom stereocenters. The van der Waals surface area contributed by atoms with E-state index in [1.165, 1.54) is 17.7 Å². The number of benzene rings is 1. The number of Topliss-reactive ketones (excluding diaryl/α,β-unsaturated/α-hetero) is 3. The molecule has 1 aromatic carbocycles. The first-order valence-electron chi connectivity index (χ1n) is 12.8. The standard InChI is InChI=1S/C29H34O4S/c1-33-26-5-3-2-4-21(26)16-22(30)14-19-9-13-27-23(15-19)29(24(31)12-8-18-6-7-18)28(34-27)17-25(32)20-10-11-20/h2-5,18-20H,6-17H2,1H3. The Kier molecular flexibility index (Phi) is 7.01. The minimum atomic E-state index is 0.217. The van der Waals surface area contributed by atoms with Crippen LogP contribution in [0.3, 0.4) is 0 Å². The number of hydrogen-bond donors (Lipinski definition) is 0. The molecule has 0 aliphatic heterocycles. The number of carbonyl (C=O) groups excluding carboxylic acids is 3. The van der Waals surface area contributed by atoms with Crippen LogP contribution in [0, 0.1) is 17.8 Å². The van der Waals surface area contributed by atoms with Crippen LogP contribution in [-0.2, 0) is 35.3 Å². The number of hydrogen-bond acceptors (Lipinski definition) is 5. The number of aryl methyl sites for hydroxylation is 1. The van der Waals surface area contributed by atoms with Crippen molar-refractivity contribution in [2.75, 3.05) is 7.11 Å². The van der Waals surface area contributed by atoms with E-state index in [1.54, 1.807) is 18.4 Å². The molecule has 3 aliphatic carbocycles. The van der Waals surface area contributed by atoms with Gasteiger partial charge in [0.25, 0.3) is 0 Å². The van der Waals surface area contributed by atoms with Crippen molar-refractivity contribution in [2.45, 2.75) is 77.0 Å². The van der Waals surface area contributed by atoms with Gasteiger partial charge in [-0.2, -0.15) is 0 Å². The van der Waals surface area contributed by atoms with Crippen LogP contribution in [0.2, 0.25) is 0 Å². The molecule has 2 fully saturated rings. The van der Waals surface area contributed by atoms with Gasteiger partial charge in [-0.05, 0) is 62.0 Å². The van der Waals surface area contributed by atoms with Crippen molar-refractivity contribution in [2.24, 2.45) is 17.8 Å². The van der Waals surface area contributed by atoms with Gasteiger partial charge in [0.15, 0.2) is 5.78 Å². The molecule has 2 saturated carbocycles. The average molecular weight is 479 g/mol. The largest absolute Gasteiger partial charge is 0.496 e. The highest BCUT2D eigenvalue weighted by atomic mass is 32.1. The van der Waals surface area contributed by atoms with Gasteiger partial charge in [-0.3, -0.25) is 14.4 Å². The molecule has 5 rings (SSSR count). The number of fused-ring (bicyclic) bond motifs is 1. The predicted octanol–water partition coefficient (Wildman–Crippen LogP) is 5.96. The van der Waals surface area contributed by atoms with Crippen molar-refractivity contribution in [3.8, 4) is 5.75 Å². The molecule has 2 aromatic rings. The first kappa shape index (κ1) is 23.5. The fourth-order valence-electron chi connectivity index (χ4n) is 5.37. The van der Waals surface area contributed by atoms with Gasteiger partial charge in [-0.15, -0.1) is 11.3 Å². The zero-order chi connectivity index (χ0) is 23.7. The smallest absolute Gasteiger partial charge is 0.164 e.